The molecule has 5 nitrogen and oxygen atoms in total. The zero-order valence-corrected chi connectivity index (χ0v) is 15.8. The van der Waals surface area contributed by atoms with Crippen molar-refractivity contribution in [2.45, 2.75) is 76.6 Å². The Labute approximate surface area is 153 Å². The van der Waals surface area contributed by atoms with E-state index in [9.17, 15) is 0 Å². The van der Waals surface area contributed by atoms with Gasteiger partial charge in [0, 0.05) is 54.5 Å². The molecule has 0 amide bonds. The van der Waals surface area contributed by atoms with Gasteiger partial charge < -0.3 is 10.1 Å². The molecule has 1 aliphatic heterocycles. The zero-order chi connectivity index (χ0) is 17.1. The first-order valence-corrected chi connectivity index (χ1v) is 10.5. The SMILES string of the molecule is CCn1cc([C@H]2OCCC[C@@H]2NCc2cnc(C3CCCC3)s2)cn1. The van der Waals surface area contributed by atoms with E-state index in [0.717, 1.165) is 32.5 Å². The Hall–Kier alpha value is -1.24. The lowest BCUT2D eigenvalue weighted by atomic mass is 9.98. The highest BCUT2D eigenvalue weighted by atomic mass is 32.1. The summed E-state index contributed by atoms with van der Waals surface area (Å²) < 4.78 is 8.05. The third-order valence-corrected chi connectivity index (χ3v) is 6.60. The maximum Gasteiger partial charge on any atom is 0.101 e. The standard InChI is InChI=1S/C19H28N4OS/c1-2-23-13-15(10-22-23)18-17(8-5-9-24-18)20-11-16-12-21-19(25-16)14-6-3-4-7-14/h10,12-14,17-18,20H,2-9,11H2,1H3/t17-,18+/m0/s1. The number of aromatic nitrogens is 3. The van der Waals surface area contributed by atoms with Crippen LogP contribution in [0.3, 0.4) is 0 Å². The Morgan fingerprint density at radius 2 is 2.12 bits per heavy atom. The normalized spacial score (nSPS) is 24.8. The molecule has 0 spiro atoms. The van der Waals surface area contributed by atoms with Crippen molar-refractivity contribution < 1.29 is 4.74 Å². The quantitative estimate of drug-likeness (QED) is 0.845. The Morgan fingerprint density at radius 1 is 1.24 bits per heavy atom. The van der Waals surface area contributed by atoms with Crippen LogP contribution in [0.4, 0.5) is 0 Å². The first-order valence-electron chi connectivity index (χ1n) is 9.65. The van der Waals surface area contributed by atoms with Gasteiger partial charge in [-0.25, -0.2) is 4.98 Å². The molecular formula is C19H28N4OS. The van der Waals surface area contributed by atoms with E-state index >= 15 is 0 Å². The molecular weight excluding hydrogens is 332 g/mol. The molecule has 136 valence electrons. The first kappa shape index (κ1) is 17.2. The minimum atomic E-state index is 0.108. The smallest absolute Gasteiger partial charge is 0.101 e. The van der Waals surface area contributed by atoms with Gasteiger partial charge in [0.15, 0.2) is 0 Å². The molecule has 6 heteroatoms. The van der Waals surface area contributed by atoms with Gasteiger partial charge in [-0.1, -0.05) is 12.8 Å². The molecule has 0 radical (unpaired) electrons. The fourth-order valence-electron chi connectivity index (χ4n) is 4.02. The number of nitrogens with zero attached hydrogens (tertiary/aromatic N) is 3. The number of thiazole rings is 1. The molecule has 0 unspecified atom stereocenters. The number of nitrogens with one attached hydrogen (secondary N) is 1. The van der Waals surface area contributed by atoms with Gasteiger partial charge in [-0.05, 0) is 32.6 Å². The molecule has 1 saturated carbocycles. The molecule has 2 aromatic heterocycles. The lowest BCUT2D eigenvalue weighted by Gasteiger charge is -2.31. The minimum Gasteiger partial charge on any atom is -0.372 e. The second kappa shape index (κ2) is 7.98. The van der Waals surface area contributed by atoms with E-state index in [2.05, 4.69) is 34.7 Å². The van der Waals surface area contributed by atoms with Crippen molar-refractivity contribution in [3.8, 4) is 0 Å². The van der Waals surface area contributed by atoms with Gasteiger partial charge in [0.1, 0.15) is 6.10 Å². The topological polar surface area (TPSA) is 52.0 Å². The van der Waals surface area contributed by atoms with Crippen molar-refractivity contribution in [2.75, 3.05) is 6.61 Å². The highest BCUT2D eigenvalue weighted by Gasteiger charge is 2.28. The van der Waals surface area contributed by atoms with Crippen LogP contribution in [0.2, 0.25) is 0 Å². The number of ether oxygens (including phenoxy) is 1. The van der Waals surface area contributed by atoms with Crippen LogP contribution in [0, 0.1) is 0 Å². The fourth-order valence-corrected chi connectivity index (χ4v) is 5.05. The Kier molecular flexibility index (Phi) is 5.48. The molecule has 2 fully saturated rings. The van der Waals surface area contributed by atoms with Gasteiger partial charge in [0.25, 0.3) is 0 Å². The number of hydrogen-bond donors (Lipinski definition) is 1. The summed E-state index contributed by atoms with van der Waals surface area (Å²) in [5.41, 5.74) is 1.19. The summed E-state index contributed by atoms with van der Waals surface area (Å²) in [5, 5.41) is 9.48. The molecule has 1 N–H and O–H groups in total. The third-order valence-electron chi connectivity index (χ3n) is 5.44. The predicted octanol–water partition coefficient (Wildman–Crippen LogP) is 4.03. The van der Waals surface area contributed by atoms with Crippen LogP contribution in [0.1, 0.15) is 72.9 Å². The highest BCUT2D eigenvalue weighted by molar-refractivity contribution is 7.11. The average molecular weight is 361 g/mol. The number of rotatable bonds is 6. The zero-order valence-electron chi connectivity index (χ0n) is 15.0. The van der Waals surface area contributed by atoms with Crippen molar-refractivity contribution in [1.82, 2.24) is 20.1 Å². The van der Waals surface area contributed by atoms with Gasteiger partial charge in [0.2, 0.25) is 0 Å². The van der Waals surface area contributed by atoms with Crippen molar-refractivity contribution in [3.05, 3.63) is 34.0 Å². The van der Waals surface area contributed by atoms with Crippen molar-refractivity contribution in [2.24, 2.45) is 0 Å². The summed E-state index contributed by atoms with van der Waals surface area (Å²) in [6.45, 7) is 4.74. The summed E-state index contributed by atoms with van der Waals surface area (Å²) in [7, 11) is 0. The van der Waals surface area contributed by atoms with Crippen molar-refractivity contribution >= 4 is 11.3 Å². The molecule has 3 heterocycles. The molecule has 2 aliphatic rings. The summed E-state index contributed by atoms with van der Waals surface area (Å²) in [4.78, 5) is 6.03. The maximum atomic E-state index is 6.08. The van der Waals surface area contributed by atoms with Crippen LogP contribution in [0.15, 0.2) is 18.6 Å². The van der Waals surface area contributed by atoms with Crippen LogP contribution in [-0.2, 0) is 17.8 Å². The summed E-state index contributed by atoms with van der Waals surface area (Å²) in [6.07, 6.45) is 13.9. The minimum absolute atomic E-state index is 0.108. The Bertz CT molecular complexity index is 677. The van der Waals surface area contributed by atoms with Crippen LogP contribution in [0.5, 0.6) is 0 Å². The molecule has 1 aliphatic carbocycles. The monoisotopic (exact) mass is 360 g/mol. The van der Waals surface area contributed by atoms with E-state index in [0.29, 0.717) is 12.0 Å². The van der Waals surface area contributed by atoms with Gasteiger partial charge in [0.05, 0.1) is 11.2 Å². The molecule has 4 rings (SSSR count). The van der Waals surface area contributed by atoms with E-state index < -0.39 is 0 Å². The van der Waals surface area contributed by atoms with E-state index in [1.165, 1.54) is 41.1 Å². The third kappa shape index (κ3) is 3.96. The lowest BCUT2D eigenvalue weighted by molar-refractivity contribution is -0.0111. The second-order valence-electron chi connectivity index (χ2n) is 7.20. The fraction of sp³-hybridized carbons (Fsp3) is 0.684. The van der Waals surface area contributed by atoms with Gasteiger partial charge >= 0.3 is 0 Å². The highest BCUT2D eigenvalue weighted by Crippen LogP contribution is 2.36. The molecule has 1 saturated heterocycles. The summed E-state index contributed by atoms with van der Waals surface area (Å²) in [6, 6.07) is 0.347. The van der Waals surface area contributed by atoms with Gasteiger partial charge in [-0.2, -0.15) is 5.10 Å². The van der Waals surface area contributed by atoms with Gasteiger partial charge in [-0.3, -0.25) is 4.68 Å². The average Bonchev–Trinajstić information content (AvgIpc) is 3.41. The van der Waals surface area contributed by atoms with Crippen LogP contribution in [0.25, 0.3) is 0 Å². The largest absolute Gasteiger partial charge is 0.372 e. The maximum absolute atomic E-state index is 6.08. The van der Waals surface area contributed by atoms with Crippen LogP contribution in [-0.4, -0.2) is 27.4 Å². The number of aryl methyl sites for hydroxylation is 1. The Morgan fingerprint density at radius 3 is 2.92 bits per heavy atom. The van der Waals surface area contributed by atoms with Crippen molar-refractivity contribution in [1.29, 1.82) is 0 Å². The molecule has 25 heavy (non-hydrogen) atoms. The van der Waals surface area contributed by atoms with Crippen LogP contribution >= 0.6 is 11.3 Å². The Balaban J connectivity index is 1.38. The number of hydrogen-bond acceptors (Lipinski definition) is 5. The van der Waals surface area contributed by atoms with E-state index in [4.69, 9.17) is 4.74 Å². The summed E-state index contributed by atoms with van der Waals surface area (Å²) in [5.74, 6) is 0.712. The molecule has 2 atom stereocenters. The van der Waals surface area contributed by atoms with Crippen molar-refractivity contribution in [3.63, 3.8) is 0 Å². The van der Waals surface area contributed by atoms with E-state index in [1.54, 1.807) is 0 Å². The predicted molar refractivity (Wildman–Crippen MR) is 99.8 cm³/mol. The lowest BCUT2D eigenvalue weighted by Crippen LogP contribution is -2.38. The van der Waals surface area contributed by atoms with Crippen LogP contribution < -0.4 is 5.32 Å². The second-order valence-corrected chi connectivity index (χ2v) is 8.34. The molecule has 0 aromatic carbocycles. The first-order chi connectivity index (χ1) is 12.3. The van der Waals surface area contributed by atoms with E-state index in [1.807, 2.05) is 22.2 Å². The molecule has 0 bridgehead atoms. The van der Waals surface area contributed by atoms with E-state index in [-0.39, 0.29) is 6.10 Å². The molecule has 2 aromatic rings. The summed E-state index contributed by atoms with van der Waals surface area (Å²) >= 11 is 1.89. The van der Waals surface area contributed by atoms with Gasteiger partial charge in [-0.15, -0.1) is 11.3 Å².